The molecule has 0 spiro atoms. The molecule has 2 aliphatic rings. The average Bonchev–Trinajstić information content (AvgIpc) is 3.42. The molecule has 0 bridgehead atoms. The molecule has 2 aliphatic heterocycles. The highest BCUT2D eigenvalue weighted by molar-refractivity contribution is 5.82. The fourth-order valence-corrected chi connectivity index (χ4v) is 5.45. The van der Waals surface area contributed by atoms with Crippen molar-refractivity contribution in [1.29, 1.82) is 5.26 Å². The number of fused-ring (bicyclic) bond motifs is 1. The van der Waals surface area contributed by atoms with Gasteiger partial charge in [-0.1, -0.05) is 36.4 Å². The van der Waals surface area contributed by atoms with E-state index in [4.69, 9.17) is 4.74 Å². The average molecular weight is 553 g/mol. The summed E-state index contributed by atoms with van der Waals surface area (Å²) in [5, 5.41) is 14.2. The van der Waals surface area contributed by atoms with Crippen molar-refractivity contribution in [2.45, 2.75) is 13.5 Å². The van der Waals surface area contributed by atoms with Gasteiger partial charge in [0.2, 0.25) is 0 Å². The lowest BCUT2D eigenvalue weighted by Gasteiger charge is -2.36. The highest BCUT2D eigenvalue weighted by Crippen LogP contribution is 2.28. The molecule has 0 saturated carbocycles. The van der Waals surface area contributed by atoms with Gasteiger partial charge in [0.05, 0.1) is 23.5 Å². The molecule has 0 amide bonds. The first-order valence-electron chi connectivity index (χ1n) is 14.4. The number of nitriles is 1. The number of pyridine rings is 1. The summed E-state index contributed by atoms with van der Waals surface area (Å²) in [6.45, 7) is 16.4. The Morgan fingerprint density at radius 1 is 1.05 bits per heavy atom. The van der Waals surface area contributed by atoms with Crippen LogP contribution in [0.2, 0.25) is 0 Å². The summed E-state index contributed by atoms with van der Waals surface area (Å²) in [5.41, 5.74) is 4.58. The molecule has 0 radical (unpaired) electrons. The molecule has 0 aliphatic carbocycles. The second-order valence-electron chi connectivity index (χ2n) is 10.8. The molecule has 9 nitrogen and oxygen atoms in total. The van der Waals surface area contributed by atoms with E-state index >= 15 is 0 Å². The molecule has 0 unspecified atom stereocenters. The zero-order valence-electron chi connectivity index (χ0n) is 24.2. The first-order chi connectivity index (χ1) is 20.0. The molecule has 2 aromatic heterocycles. The minimum atomic E-state index is 0.539. The van der Waals surface area contributed by atoms with Gasteiger partial charge < -0.3 is 14.5 Å². The fourth-order valence-electron chi connectivity index (χ4n) is 5.45. The van der Waals surface area contributed by atoms with Crippen LogP contribution in [-0.2, 0) is 6.54 Å². The van der Waals surface area contributed by atoms with E-state index in [2.05, 4.69) is 85.9 Å². The van der Waals surface area contributed by atoms with Crippen LogP contribution in [0.4, 0.5) is 0 Å². The van der Waals surface area contributed by atoms with Crippen molar-refractivity contribution in [1.82, 2.24) is 29.2 Å². The Balaban J connectivity index is 1.28. The molecule has 41 heavy (non-hydrogen) atoms. The predicted octanol–water partition coefficient (Wildman–Crippen LogP) is 3.60. The van der Waals surface area contributed by atoms with E-state index in [-0.39, 0.29) is 0 Å². The fraction of sp³-hybridized carbons (Fsp3) is 0.406. The monoisotopic (exact) mass is 552 g/mol. The van der Waals surface area contributed by atoms with Gasteiger partial charge in [-0.15, -0.1) is 0 Å². The number of benzene rings is 1. The van der Waals surface area contributed by atoms with Crippen LogP contribution in [0.1, 0.15) is 23.6 Å². The number of piperazine rings is 2. The minimum Gasteiger partial charge on any atom is -0.491 e. The topological polar surface area (TPSA) is 75.6 Å². The molecule has 4 heterocycles. The van der Waals surface area contributed by atoms with Crippen LogP contribution in [-0.4, -0.2) is 108 Å². The number of allylic oxidation sites excluding steroid dienone is 3. The molecule has 214 valence electrons. The number of aliphatic imine (C=N–C) groups is 1. The van der Waals surface area contributed by atoms with Crippen LogP contribution in [0.15, 0.2) is 71.8 Å². The predicted molar refractivity (Wildman–Crippen MR) is 164 cm³/mol. The van der Waals surface area contributed by atoms with Crippen LogP contribution < -0.4 is 4.74 Å². The lowest BCUT2D eigenvalue weighted by Crippen LogP contribution is -2.45. The van der Waals surface area contributed by atoms with Gasteiger partial charge in [-0.2, -0.15) is 10.4 Å². The summed E-state index contributed by atoms with van der Waals surface area (Å²) in [6.07, 6.45) is 7.55. The Morgan fingerprint density at radius 3 is 2.49 bits per heavy atom. The van der Waals surface area contributed by atoms with Crippen molar-refractivity contribution in [3.05, 3.63) is 83.5 Å². The maximum absolute atomic E-state index is 9.74. The van der Waals surface area contributed by atoms with Crippen LogP contribution in [0.25, 0.3) is 11.1 Å². The zero-order chi connectivity index (χ0) is 28.6. The first-order valence-corrected chi connectivity index (χ1v) is 14.4. The van der Waals surface area contributed by atoms with Gasteiger partial charge in [-0.05, 0) is 44.0 Å². The highest BCUT2D eigenvalue weighted by atomic mass is 16.5. The molecule has 1 aromatic carbocycles. The van der Waals surface area contributed by atoms with Crippen molar-refractivity contribution < 1.29 is 4.74 Å². The Hall–Kier alpha value is -3.97. The van der Waals surface area contributed by atoms with Crippen LogP contribution >= 0.6 is 0 Å². The largest absolute Gasteiger partial charge is 0.491 e. The van der Waals surface area contributed by atoms with Gasteiger partial charge in [0.1, 0.15) is 24.2 Å². The van der Waals surface area contributed by atoms with Crippen molar-refractivity contribution in [2.75, 3.05) is 72.6 Å². The third-order valence-electron chi connectivity index (χ3n) is 7.99. The second kappa shape index (κ2) is 13.6. The normalized spacial score (nSPS) is 18.0. The number of aromatic nitrogens is 2. The van der Waals surface area contributed by atoms with Crippen LogP contribution in [0.3, 0.4) is 0 Å². The number of ether oxygens (including phenoxy) is 1. The molecule has 0 N–H and O–H groups in total. The minimum absolute atomic E-state index is 0.539. The maximum Gasteiger partial charge on any atom is 0.138 e. The standard InChI is InChI=1S/C32H40N8O/c1-26(9-10-31(34-2)39-17-15-38(16-18-39)24-27-7-5-4-6-8-27)30-21-29(25-40-32(30)28(22-33)23-35-40)41-20-19-37-13-11-36(3)12-14-37/h4-10,21,23,25H,2,11-20,24H2,1,3H3/b26-9+,31-10+. The van der Waals surface area contributed by atoms with E-state index in [1.165, 1.54) is 5.56 Å². The van der Waals surface area contributed by atoms with Gasteiger partial charge in [0.25, 0.3) is 0 Å². The summed E-state index contributed by atoms with van der Waals surface area (Å²) in [6, 6.07) is 14.9. The molecule has 2 fully saturated rings. The Labute approximate surface area is 243 Å². The van der Waals surface area contributed by atoms with E-state index in [9.17, 15) is 5.26 Å². The van der Waals surface area contributed by atoms with Gasteiger partial charge in [-0.3, -0.25) is 9.80 Å². The second-order valence-corrected chi connectivity index (χ2v) is 10.8. The van der Waals surface area contributed by atoms with Crippen LogP contribution in [0.5, 0.6) is 5.75 Å². The summed E-state index contributed by atoms with van der Waals surface area (Å²) in [5.74, 6) is 1.59. The third kappa shape index (κ3) is 7.22. The summed E-state index contributed by atoms with van der Waals surface area (Å²) in [4.78, 5) is 13.9. The molecule has 3 aromatic rings. The number of nitrogens with zero attached hydrogens (tertiary/aromatic N) is 8. The quantitative estimate of drug-likeness (QED) is 0.281. The van der Waals surface area contributed by atoms with E-state index in [1.807, 2.05) is 25.3 Å². The van der Waals surface area contributed by atoms with Crippen LogP contribution in [0, 0.1) is 11.3 Å². The van der Waals surface area contributed by atoms with Gasteiger partial charge in [0, 0.05) is 71.0 Å². The molecule has 9 heteroatoms. The summed E-state index contributed by atoms with van der Waals surface area (Å²) in [7, 11) is 2.16. The number of hydrogen-bond acceptors (Lipinski definition) is 8. The SMILES string of the molecule is C=N/C(=C\C=C(/C)c1cc(OCCN2CCN(C)CC2)cn2ncc(C#N)c12)N1CCN(Cc2ccccc2)CC1. The third-order valence-corrected chi connectivity index (χ3v) is 7.99. The van der Waals surface area contributed by atoms with E-state index in [1.54, 1.807) is 10.7 Å². The van der Waals surface area contributed by atoms with E-state index in [0.717, 1.165) is 93.7 Å². The van der Waals surface area contributed by atoms with Gasteiger partial charge >= 0.3 is 0 Å². The molecular formula is C32H40N8O. The number of hydrogen-bond donors (Lipinski definition) is 0. The van der Waals surface area contributed by atoms with E-state index < -0.39 is 0 Å². The molecule has 5 rings (SSSR count). The lowest BCUT2D eigenvalue weighted by atomic mass is 10.0. The van der Waals surface area contributed by atoms with Crippen molar-refractivity contribution >= 4 is 17.8 Å². The summed E-state index contributed by atoms with van der Waals surface area (Å²) >= 11 is 0. The van der Waals surface area contributed by atoms with Crippen molar-refractivity contribution in [3.8, 4) is 11.8 Å². The van der Waals surface area contributed by atoms with Crippen molar-refractivity contribution in [3.63, 3.8) is 0 Å². The molecular weight excluding hydrogens is 512 g/mol. The summed E-state index contributed by atoms with van der Waals surface area (Å²) < 4.78 is 7.94. The zero-order valence-corrected chi connectivity index (χ0v) is 24.2. The molecule has 2 saturated heterocycles. The van der Waals surface area contributed by atoms with Crippen molar-refractivity contribution in [2.24, 2.45) is 4.99 Å². The lowest BCUT2D eigenvalue weighted by molar-refractivity contribution is 0.133. The maximum atomic E-state index is 9.74. The first kappa shape index (κ1) is 28.6. The number of likely N-dealkylation sites (N-methyl/N-ethyl adjacent to an activating group) is 1. The molecule has 0 atom stereocenters. The van der Waals surface area contributed by atoms with Gasteiger partial charge in [-0.25, -0.2) is 9.51 Å². The Morgan fingerprint density at radius 2 is 1.78 bits per heavy atom. The van der Waals surface area contributed by atoms with E-state index in [0.29, 0.717) is 12.2 Å². The van der Waals surface area contributed by atoms with Gasteiger partial charge in [0.15, 0.2) is 0 Å². The number of rotatable bonds is 10. The smallest absolute Gasteiger partial charge is 0.138 e. The Bertz CT molecular complexity index is 1420. The highest BCUT2D eigenvalue weighted by Gasteiger charge is 2.19. The Kier molecular flexibility index (Phi) is 9.47.